The van der Waals surface area contributed by atoms with E-state index < -0.39 is 42.3 Å². The summed E-state index contributed by atoms with van der Waals surface area (Å²) in [5.74, 6) is 0. The predicted octanol–water partition coefficient (Wildman–Crippen LogP) is 2.76. The molecular formula is C18H24N4O5. The fourth-order valence-corrected chi connectivity index (χ4v) is 3.28. The Hall–Kier alpha value is -2.32. The number of piperidine rings is 1. The molecule has 1 aromatic carbocycles. The number of carbonyl (C=O) groups excluding carboxylic acids is 1. The number of amides is 1. The van der Waals surface area contributed by atoms with Crippen molar-refractivity contribution in [2.45, 2.75) is 57.0 Å². The number of fused-ring (bicyclic) bond motifs is 1. The standard InChI is InChI=1S/C18H24N4O5/c1-18(2,3)27-17(24)22-9-12(20-21-19)14(23)15-13(22)10-25-16(26-15)11-7-5-4-6-8-11/h4-8,12-16,23H,9-10H2,1-3H3/t12-,13-,14-,15+,16+/m0/s1. The molecule has 9 heteroatoms. The molecule has 146 valence electrons. The summed E-state index contributed by atoms with van der Waals surface area (Å²) in [4.78, 5) is 16.9. The quantitative estimate of drug-likeness (QED) is 0.484. The summed E-state index contributed by atoms with van der Waals surface area (Å²) in [6.45, 7) is 5.51. The number of azide groups is 1. The Morgan fingerprint density at radius 1 is 1.37 bits per heavy atom. The first kappa shape index (κ1) is 19.4. The van der Waals surface area contributed by atoms with Crippen LogP contribution >= 0.6 is 0 Å². The minimum Gasteiger partial charge on any atom is -0.444 e. The third-order valence-corrected chi connectivity index (χ3v) is 4.49. The summed E-state index contributed by atoms with van der Waals surface area (Å²) in [5, 5.41) is 14.3. The Bertz CT molecular complexity index is 716. The van der Waals surface area contributed by atoms with Crippen LogP contribution in [0.5, 0.6) is 0 Å². The van der Waals surface area contributed by atoms with Crippen LogP contribution in [0.2, 0.25) is 0 Å². The molecule has 0 bridgehead atoms. The van der Waals surface area contributed by atoms with E-state index in [1.165, 1.54) is 4.90 Å². The van der Waals surface area contributed by atoms with Gasteiger partial charge in [-0.1, -0.05) is 35.4 Å². The maximum Gasteiger partial charge on any atom is 0.410 e. The number of likely N-dealkylation sites (tertiary alicyclic amines) is 1. The third-order valence-electron chi connectivity index (χ3n) is 4.49. The fourth-order valence-electron chi connectivity index (χ4n) is 3.28. The van der Waals surface area contributed by atoms with Crippen LogP contribution in [-0.4, -0.2) is 59.1 Å². The molecule has 0 aliphatic carbocycles. The normalized spacial score (nSPS) is 30.8. The van der Waals surface area contributed by atoms with Crippen LogP contribution in [0.4, 0.5) is 4.79 Å². The second-order valence-electron chi connectivity index (χ2n) is 7.64. The maximum absolute atomic E-state index is 12.7. The zero-order valence-electron chi connectivity index (χ0n) is 15.6. The summed E-state index contributed by atoms with van der Waals surface area (Å²) in [6.07, 6.45) is -3.05. The number of aliphatic hydroxyl groups excluding tert-OH is 1. The Balaban J connectivity index is 1.84. The van der Waals surface area contributed by atoms with Gasteiger partial charge in [-0.3, -0.25) is 4.90 Å². The SMILES string of the molecule is CC(C)(C)OC(=O)N1C[C@H](N=[N+]=[N-])[C@H](O)[C@@H]2O[C@H](c3ccccc3)OC[C@@H]21. The van der Waals surface area contributed by atoms with Crippen molar-refractivity contribution < 1.29 is 24.1 Å². The number of aliphatic hydroxyl groups is 1. The van der Waals surface area contributed by atoms with Crippen molar-refractivity contribution >= 4 is 6.09 Å². The molecule has 0 aromatic heterocycles. The van der Waals surface area contributed by atoms with Crippen molar-refractivity contribution in [3.05, 3.63) is 46.3 Å². The number of hydrogen-bond donors (Lipinski definition) is 1. The van der Waals surface area contributed by atoms with E-state index in [0.717, 1.165) is 5.56 Å². The Labute approximate surface area is 157 Å². The zero-order chi connectivity index (χ0) is 19.6. The van der Waals surface area contributed by atoms with Crippen molar-refractivity contribution in [1.29, 1.82) is 0 Å². The lowest BCUT2D eigenvalue weighted by molar-refractivity contribution is -0.273. The third kappa shape index (κ3) is 4.33. The molecule has 3 rings (SSSR count). The Morgan fingerprint density at radius 3 is 2.70 bits per heavy atom. The van der Waals surface area contributed by atoms with Gasteiger partial charge in [-0.25, -0.2) is 4.79 Å². The number of ether oxygens (including phenoxy) is 3. The van der Waals surface area contributed by atoms with E-state index in [1.807, 2.05) is 30.3 Å². The summed E-state index contributed by atoms with van der Waals surface area (Å²) < 4.78 is 17.2. The van der Waals surface area contributed by atoms with Crippen LogP contribution in [0.15, 0.2) is 35.4 Å². The number of carbonyl (C=O) groups is 1. The molecule has 5 atom stereocenters. The molecule has 2 aliphatic heterocycles. The largest absolute Gasteiger partial charge is 0.444 e. The van der Waals surface area contributed by atoms with E-state index in [2.05, 4.69) is 10.0 Å². The monoisotopic (exact) mass is 376 g/mol. The molecule has 1 amide bonds. The average molecular weight is 376 g/mol. The van der Waals surface area contributed by atoms with Gasteiger partial charge < -0.3 is 19.3 Å². The molecule has 0 unspecified atom stereocenters. The second kappa shape index (κ2) is 7.74. The molecule has 2 fully saturated rings. The molecular weight excluding hydrogens is 352 g/mol. The first-order valence-corrected chi connectivity index (χ1v) is 8.84. The predicted molar refractivity (Wildman–Crippen MR) is 95.7 cm³/mol. The summed E-state index contributed by atoms with van der Waals surface area (Å²) in [5.41, 5.74) is 8.94. The summed E-state index contributed by atoms with van der Waals surface area (Å²) in [7, 11) is 0. The van der Waals surface area contributed by atoms with Gasteiger partial charge in [0, 0.05) is 17.0 Å². The van der Waals surface area contributed by atoms with Gasteiger partial charge in [0.15, 0.2) is 6.29 Å². The second-order valence-corrected chi connectivity index (χ2v) is 7.64. The topological polar surface area (TPSA) is 117 Å². The van der Waals surface area contributed by atoms with Crippen molar-refractivity contribution in [3.8, 4) is 0 Å². The van der Waals surface area contributed by atoms with Crippen molar-refractivity contribution in [1.82, 2.24) is 4.90 Å². The van der Waals surface area contributed by atoms with Crippen LogP contribution < -0.4 is 0 Å². The van der Waals surface area contributed by atoms with Gasteiger partial charge in [-0.05, 0) is 26.3 Å². The van der Waals surface area contributed by atoms with E-state index in [4.69, 9.17) is 19.7 Å². The Kier molecular flexibility index (Phi) is 5.57. The molecule has 1 N–H and O–H groups in total. The Morgan fingerprint density at radius 2 is 2.07 bits per heavy atom. The number of nitrogens with zero attached hydrogens (tertiary/aromatic N) is 4. The molecule has 0 radical (unpaired) electrons. The van der Waals surface area contributed by atoms with Crippen LogP contribution in [0, 0.1) is 0 Å². The van der Waals surface area contributed by atoms with Gasteiger partial charge in [-0.15, -0.1) is 0 Å². The van der Waals surface area contributed by atoms with Gasteiger partial charge >= 0.3 is 6.09 Å². The van der Waals surface area contributed by atoms with E-state index in [0.29, 0.717) is 0 Å². The lowest BCUT2D eigenvalue weighted by atomic mass is 9.92. The van der Waals surface area contributed by atoms with Crippen LogP contribution in [0.25, 0.3) is 10.4 Å². The van der Waals surface area contributed by atoms with Gasteiger partial charge in [0.05, 0.1) is 24.8 Å². The van der Waals surface area contributed by atoms with Gasteiger partial charge in [0.25, 0.3) is 0 Å². The summed E-state index contributed by atoms with van der Waals surface area (Å²) >= 11 is 0. The van der Waals surface area contributed by atoms with Crippen molar-refractivity contribution in [3.63, 3.8) is 0 Å². The first-order valence-electron chi connectivity index (χ1n) is 8.84. The van der Waals surface area contributed by atoms with E-state index in [9.17, 15) is 9.90 Å². The van der Waals surface area contributed by atoms with Gasteiger partial charge in [0.2, 0.25) is 0 Å². The number of hydrogen-bond acceptors (Lipinski definition) is 6. The number of benzene rings is 1. The first-order chi connectivity index (χ1) is 12.8. The molecule has 2 heterocycles. The van der Waals surface area contributed by atoms with Crippen LogP contribution in [-0.2, 0) is 14.2 Å². The molecule has 2 saturated heterocycles. The minimum atomic E-state index is -1.06. The van der Waals surface area contributed by atoms with Crippen LogP contribution in [0.3, 0.4) is 0 Å². The van der Waals surface area contributed by atoms with Gasteiger partial charge in [-0.2, -0.15) is 0 Å². The molecule has 1 aromatic rings. The maximum atomic E-state index is 12.7. The van der Waals surface area contributed by atoms with Crippen LogP contribution in [0.1, 0.15) is 32.6 Å². The highest BCUT2D eigenvalue weighted by atomic mass is 16.7. The molecule has 27 heavy (non-hydrogen) atoms. The highest BCUT2D eigenvalue weighted by Crippen LogP contribution is 2.34. The number of rotatable bonds is 2. The van der Waals surface area contributed by atoms with Crippen molar-refractivity contribution in [2.24, 2.45) is 5.11 Å². The molecule has 0 spiro atoms. The fraction of sp³-hybridized carbons (Fsp3) is 0.611. The van der Waals surface area contributed by atoms with Gasteiger partial charge in [0.1, 0.15) is 11.7 Å². The van der Waals surface area contributed by atoms with E-state index >= 15 is 0 Å². The lowest BCUT2D eigenvalue weighted by Crippen LogP contribution is -2.66. The highest BCUT2D eigenvalue weighted by Gasteiger charge is 2.49. The smallest absolute Gasteiger partial charge is 0.410 e. The van der Waals surface area contributed by atoms with Crippen molar-refractivity contribution in [2.75, 3.05) is 13.2 Å². The minimum absolute atomic E-state index is 0.0318. The highest BCUT2D eigenvalue weighted by molar-refractivity contribution is 5.69. The molecule has 0 saturated carbocycles. The zero-order valence-corrected chi connectivity index (χ0v) is 15.6. The molecule has 2 aliphatic rings. The average Bonchev–Trinajstić information content (AvgIpc) is 2.63. The molecule has 9 nitrogen and oxygen atoms in total. The summed E-state index contributed by atoms with van der Waals surface area (Å²) in [6, 6.07) is 7.95. The lowest BCUT2D eigenvalue weighted by Gasteiger charge is -2.49. The van der Waals surface area contributed by atoms with E-state index in [1.54, 1.807) is 20.8 Å². The van der Waals surface area contributed by atoms with E-state index in [-0.39, 0.29) is 13.2 Å².